The van der Waals surface area contributed by atoms with E-state index in [1.165, 1.54) is 31.7 Å². The molecule has 0 unspecified atom stereocenters. The van der Waals surface area contributed by atoms with Gasteiger partial charge in [0.1, 0.15) is 5.75 Å². The number of aryl methyl sites for hydroxylation is 3. The summed E-state index contributed by atoms with van der Waals surface area (Å²) >= 11 is 1.86. The molecule has 0 saturated heterocycles. The first-order valence-electron chi connectivity index (χ1n) is 9.63. The smallest absolute Gasteiger partial charge is 0.178 e. The van der Waals surface area contributed by atoms with Crippen LogP contribution in [0, 0.1) is 20.8 Å². The molecular weight excluding hydrogens is 360 g/mol. The normalized spacial score (nSPS) is 14.7. The van der Waals surface area contributed by atoms with Crippen LogP contribution in [0.2, 0.25) is 0 Å². The zero-order valence-electron chi connectivity index (χ0n) is 16.3. The topological polar surface area (TPSA) is 9.23 Å². The first-order chi connectivity index (χ1) is 13.6. The van der Waals surface area contributed by atoms with Crippen LogP contribution in [0.5, 0.6) is 5.75 Å². The van der Waals surface area contributed by atoms with Gasteiger partial charge in [0, 0.05) is 26.3 Å². The summed E-state index contributed by atoms with van der Waals surface area (Å²) < 4.78 is 8.22. The summed E-state index contributed by atoms with van der Waals surface area (Å²) in [5.41, 5.74) is 5.43. The molecule has 1 aliphatic rings. The van der Waals surface area contributed by atoms with Gasteiger partial charge in [-0.3, -0.25) is 0 Å². The molecule has 138 valence electrons. The Balaban J connectivity index is 1.78. The molecule has 0 bridgehead atoms. The van der Waals surface area contributed by atoms with E-state index in [2.05, 4.69) is 99.7 Å². The Bertz CT molecular complexity index is 1160. The molecule has 0 fully saturated rings. The molecule has 3 aromatic carbocycles. The van der Waals surface area contributed by atoms with E-state index in [9.17, 15) is 0 Å². The lowest BCUT2D eigenvalue weighted by atomic mass is 9.83. The Hall–Kier alpha value is -2.84. The number of hydrogen-bond donors (Lipinski definition) is 0. The van der Waals surface area contributed by atoms with Gasteiger partial charge in [0.25, 0.3) is 0 Å². The standard InChI is InChI=1S/C26H22OS/c1-17-16-23-18(2)19(3)28-25(23)22-14-15-26(27-24(17)22,20-10-6-4-7-11-20)21-12-8-5-9-13-21/h4-16H,1-3H3. The molecule has 0 spiro atoms. The minimum Gasteiger partial charge on any atom is -0.473 e. The molecule has 0 N–H and O–H groups in total. The lowest BCUT2D eigenvalue weighted by Gasteiger charge is -2.37. The molecule has 0 radical (unpaired) electrons. The molecular formula is C26H22OS. The van der Waals surface area contributed by atoms with E-state index in [4.69, 9.17) is 4.74 Å². The fourth-order valence-corrected chi connectivity index (χ4v) is 5.31. The van der Waals surface area contributed by atoms with Crippen LogP contribution in [0.4, 0.5) is 0 Å². The van der Waals surface area contributed by atoms with Crippen molar-refractivity contribution in [2.75, 3.05) is 0 Å². The lowest BCUT2D eigenvalue weighted by Crippen LogP contribution is -2.34. The van der Waals surface area contributed by atoms with E-state index in [0.717, 1.165) is 16.9 Å². The molecule has 28 heavy (non-hydrogen) atoms. The second kappa shape index (κ2) is 6.35. The summed E-state index contributed by atoms with van der Waals surface area (Å²) in [5.74, 6) is 0.990. The fourth-order valence-electron chi connectivity index (χ4n) is 4.15. The van der Waals surface area contributed by atoms with Crippen LogP contribution in [0.25, 0.3) is 16.2 Å². The Kier molecular flexibility index (Phi) is 3.92. The first kappa shape index (κ1) is 17.3. The third-order valence-electron chi connectivity index (χ3n) is 5.79. The molecule has 0 aliphatic carbocycles. The van der Waals surface area contributed by atoms with Crippen molar-refractivity contribution in [1.82, 2.24) is 0 Å². The quantitative estimate of drug-likeness (QED) is 0.357. The highest BCUT2D eigenvalue weighted by atomic mass is 32.1. The largest absolute Gasteiger partial charge is 0.473 e. The molecule has 1 aliphatic heterocycles. The molecule has 1 aromatic heterocycles. The lowest BCUT2D eigenvalue weighted by molar-refractivity contribution is 0.160. The Morgan fingerprint density at radius 3 is 2.04 bits per heavy atom. The highest BCUT2D eigenvalue weighted by Crippen LogP contribution is 2.47. The van der Waals surface area contributed by atoms with Crippen molar-refractivity contribution in [2.24, 2.45) is 0 Å². The van der Waals surface area contributed by atoms with Crippen LogP contribution < -0.4 is 4.74 Å². The summed E-state index contributed by atoms with van der Waals surface area (Å²) in [7, 11) is 0. The number of rotatable bonds is 2. The van der Waals surface area contributed by atoms with Crippen LogP contribution in [-0.2, 0) is 5.60 Å². The zero-order chi connectivity index (χ0) is 19.3. The predicted octanol–water partition coefficient (Wildman–Crippen LogP) is 7.18. The molecule has 1 nitrogen and oxygen atoms in total. The number of hydrogen-bond acceptors (Lipinski definition) is 2. The van der Waals surface area contributed by atoms with Crippen LogP contribution >= 0.6 is 11.3 Å². The summed E-state index contributed by atoms with van der Waals surface area (Å²) in [4.78, 5) is 1.37. The zero-order valence-corrected chi connectivity index (χ0v) is 17.1. The third-order valence-corrected chi connectivity index (χ3v) is 7.05. The Morgan fingerprint density at radius 2 is 1.43 bits per heavy atom. The van der Waals surface area contributed by atoms with E-state index in [0.29, 0.717) is 0 Å². The van der Waals surface area contributed by atoms with E-state index < -0.39 is 5.60 Å². The average molecular weight is 383 g/mol. The fraction of sp³-hybridized carbons (Fsp3) is 0.154. The predicted molar refractivity (Wildman–Crippen MR) is 119 cm³/mol. The van der Waals surface area contributed by atoms with Crippen molar-refractivity contribution in [3.63, 3.8) is 0 Å². The summed E-state index contributed by atoms with van der Waals surface area (Å²) in [5, 5.41) is 1.35. The van der Waals surface area contributed by atoms with Gasteiger partial charge in [0.15, 0.2) is 5.60 Å². The molecule has 5 rings (SSSR count). The summed E-state index contributed by atoms with van der Waals surface area (Å²) in [6.07, 6.45) is 4.49. The second-order valence-corrected chi connectivity index (χ2v) is 8.72. The maximum absolute atomic E-state index is 6.90. The van der Waals surface area contributed by atoms with E-state index in [1.54, 1.807) is 0 Å². The monoisotopic (exact) mass is 382 g/mol. The van der Waals surface area contributed by atoms with Gasteiger partial charge in [0.05, 0.1) is 0 Å². The SMILES string of the molecule is Cc1cc2c(C)c(C)sc2c2c1OC(c1ccccc1)(c1ccccc1)C=C2. The van der Waals surface area contributed by atoms with Gasteiger partial charge in [0.2, 0.25) is 0 Å². The van der Waals surface area contributed by atoms with Crippen LogP contribution in [0.1, 0.15) is 32.7 Å². The van der Waals surface area contributed by atoms with Gasteiger partial charge in [-0.25, -0.2) is 0 Å². The number of thiophene rings is 1. The van der Waals surface area contributed by atoms with Gasteiger partial charge in [-0.05, 0) is 55.5 Å². The third kappa shape index (κ3) is 2.45. The van der Waals surface area contributed by atoms with E-state index in [1.807, 2.05) is 11.3 Å². The van der Waals surface area contributed by atoms with Gasteiger partial charge < -0.3 is 4.74 Å². The van der Waals surface area contributed by atoms with Gasteiger partial charge >= 0.3 is 0 Å². The maximum Gasteiger partial charge on any atom is 0.178 e. The molecule has 2 heterocycles. The van der Waals surface area contributed by atoms with Crippen molar-refractivity contribution in [1.29, 1.82) is 0 Å². The second-order valence-electron chi connectivity index (χ2n) is 7.50. The van der Waals surface area contributed by atoms with E-state index in [-0.39, 0.29) is 0 Å². The molecule has 2 heteroatoms. The van der Waals surface area contributed by atoms with Gasteiger partial charge in [-0.1, -0.05) is 60.7 Å². The average Bonchev–Trinajstić information content (AvgIpc) is 3.03. The minimum atomic E-state index is -0.616. The van der Waals surface area contributed by atoms with Gasteiger partial charge in [-0.2, -0.15) is 0 Å². The number of fused-ring (bicyclic) bond motifs is 3. The van der Waals surface area contributed by atoms with Crippen LogP contribution in [0.3, 0.4) is 0 Å². The van der Waals surface area contributed by atoms with E-state index >= 15 is 0 Å². The van der Waals surface area contributed by atoms with Crippen molar-refractivity contribution < 1.29 is 4.74 Å². The summed E-state index contributed by atoms with van der Waals surface area (Å²) in [6.45, 7) is 6.57. The van der Waals surface area contributed by atoms with Gasteiger partial charge in [-0.15, -0.1) is 11.3 Å². The van der Waals surface area contributed by atoms with Crippen molar-refractivity contribution >= 4 is 27.5 Å². The highest BCUT2D eigenvalue weighted by molar-refractivity contribution is 7.19. The van der Waals surface area contributed by atoms with Crippen LogP contribution in [-0.4, -0.2) is 0 Å². The number of benzene rings is 3. The van der Waals surface area contributed by atoms with Crippen molar-refractivity contribution in [2.45, 2.75) is 26.4 Å². The summed E-state index contributed by atoms with van der Waals surface area (Å²) in [6, 6.07) is 23.3. The van der Waals surface area contributed by atoms with Crippen molar-refractivity contribution in [3.8, 4) is 5.75 Å². The molecule has 0 amide bonds. The Labute approximate surface area is 169 Å². The highest BCUT2D eigenvalue weighted by Gasteiger charge is 2.38. The number of ether oxygens (including phenoxy) is 1. The minimum absolute atomic E-state index is 0.616. The molecule has 4 aromatic rings. The van der Waals surface area contributed by atoms with Crippen molar-refractivity contribution in [3.05, 3.63) is 106 Å². The maximum atomic E-state index is 6.90. The molecule has 0 saturated carbocycles. The van der Waals surface area contributed by atoms with Crippen LogP contribution in [0.15, 0.2) is 72.8 Å². The first-order valence-corrected chi connectivity index (χ1v) is 10.4. The Morgan fingerprint density at radius 1 is 0.821 bits per heavy atom. The molecule has 0 atom stereocenters.